The molecular formula is C19H25ClN2O3. The minimum Gasteiger partial charge on any atom is -0.496 e. The van der Waals surface area contributed by atoms with Crippen LogP contribution in [0.3, 0.4) is 0 Å². The second kappa shape index (κ2) is 11.5. The first-order valence-electron chi connectivity index (χ1n) is 7.93. The smallest absolute Gasteiger partial charge is 0.234 e. The first-order valence-corrected chi connectivity index (χ1v) is 7.93. The molecule has 2 N–H and O–H groups in total. The molecular weight excluding hydrogens is 340 g/mol. The predicted molar refractivity (Wildman–Crippen MR) is 101 cm³/mol. The zero-order valence-corrected chi connectivity index (χ0v) is 15.3. The Morgan fingerprint density at radius 2 is 1.72 bits per heavy atom. The van der Waals surface area contributed by atoms with Crippen molar-refractivity contribution in [3.8, 4) is 5.75 Å². The van der Waals surface area contributed by atoms with Crippen LogP contribution < -0.4 is 15.4 Å². The largest absolute Gasteiger partial charge is 0.496 e. The molecule has 0 radical (unpaired) electrons. The van der Waals surface area contributed by atoms with Crippen LogP contribution in [0, 0.1) is 0 Å². The summed E-state index contributed by atoms with van der Waals surface area (Å²) in [6, 6.07) is 17.3. The lowest BCUT2D eigenvalue weighted by Gasteiger charge is -2.22. The van der Waals surface area contributed by atoms with E-state index in [4.69, 9.17) is 9.47 Å². The molecule has 0 saturated heterocycles. The van der Waals surface area contributed by atoms with E-state index in [0.29, 0.717) is 13.2 Å². The molecule has 136 valence electrons. The highest BCUT2D eigenvalue weighted by molar-refractivity contribution is 5.85. The van der Waals surface area contributed by atoms with Crippen molar-refractivity contribution in [2.24, 2.45) is 0 Å². The number of nitrogens with one attached hydrogen (secondary N) is 2. The van der Waals surface area contributed by atoms with Gasteiger partial charge in [0.25, 0.3) is 0 Å². The van der Waals surface area contributed by atoms with E-state index in [1.165, 1.54) is 0 Å². The molecule has 6 heteroatoms. The molecule has 0 fully saturated rings. The highest BCUT2D eigenvalue weighted by Gasteiger charge is 2.19. The van der Waals surface area contributed by atoms with Gasteiger partial charge in [-0.3, -0.25) is 4.79 Å². The Kier molecular flexibility index (Phi) is 9.62. The van der Waals surface area contributed by atoms with Gasteiger partial charge in [-0.25, -0.2) is 0 Å². The van der Waals surface area contributed by atoms with Crippen LogP contribution >= 0.6 is 12.4 Å². The molecule has 2 aromatic rings. The number of hydrogen-bond donors (Lipinski definition) is 2. The summed E-state index contributed by atoms with van der Waals surface area (Å²) in [6.07, 6.45) is 0. The van der Waals surface area contributed by atoms with Crippen molar-refractivity contribution in [3.05, 3.63) is 65.7 Å². The van der Waals surface area contributed by atoms with Crippen LogP contribution in [0.1, 0.15) is 17.2 Å². The lowest BCUT2D eigenvalue weighted by atomic mass is 9.97. The molecule has 2 rings (SSSR count). The van der Waals surface area contributed by atoms with E-state index < -0.39 is 0 Å². The summed E-state index contributed by atoms with van der Waals surface area (Å²) in [6.45, 7) is 1.44. The van der Waals surface area contributed by atoms with Crippen molar-refractivity contribution in [2.75, 3.05) is 33.9 Å². The summed E-state index contributed by atoms with van der Waals surface area (Å²) in [5.74, 6) is 0.671. The second-order valence-corrected chi connectivity index (χ2v) is 5.32. The van der Waals surface area contributed by atoms with Crippen molar-refractivity contribution in [1.29, 1.82) is 0 Å². The van der Waals surface area contributed by atoms with Crippen molar-refractivity contribution in [3.63, 3.8) is 0 Å². The topological polar surface area (TPSA) is 59.6 Å². The Morgan fingerprint density at radius 3 is 2.40 bits per heavy atom. The molecule has 0 aliphatic carbocycles. The highest BCUT2D eigenvalue weighted by Crippen LogP contribution is 2.29. The molecule has 1 amide bonds. The van der Waals surface area contributed by atoms with Crippen LogP contribution in [0.4, 0.5) is 0 Å². The minimum atomic E-state index is -0.265. The van der Waals surface area contributed by atoms with Crippen molar-refractivity contribution >= 4 is 18.3 Å². The summed E-state index contributed by atoms with van der Waals surface area (Å²) in [5, 5.41) is 6.13. The molecule has 0 aromatic heterocycles. The quantitative estimate of drug-likeness (QED) is 0.671. The number of para-hydroxylation sites is 1. The number of methoxy groups -OCH3 is 2. The maximum Gasteiger partial charge on any atom is 0.234 e. The Bertz CT molecular complexity index is 638. The van der Waals surface area contributed by atoms with Gasteiger partial charge in [0.15, 0.2) is 0 Å². The second-order valence-electron chi connectivity index (χ2n) is 5.32. The van der Waals surface area contributed by atoms with Crippen molar-refractivity contribution in [2.45, 2.75) is 6.04 Å². The van der Waals surface area contributed by atoms with Gasteiger partial charge in [-0.05, 0) is 11.6 Å². The first kappa shape index (κ1) is 21.0. The monoisotopic (exact) mass is 364 g/mol. The van der Waals surface area contributed by atoms with Gasteiger partial charge in [-0.2, -0.15) is 0 Å². The van der Waals surface area contributed by atoms with Gasteiger partial charge in [-0.1, -0.05) is 48.5 Å². The third-order valence-electron chi connectivity index (χ3n) is 3.66. The summed E-state index contributed by atoms with van der Waals surface area (Å²) in [4.78, 5) is 12.3. The van der Waals surface area contributed by atoms with Gasteiger partial charge in [-0.15, -0.1) is 12.4 Å². The number of ether oxygens (including phenoxy) is 2. The molecule has 0 spiro atoms. The summed E-state index contributed by atoms with van der Waals surface area (Å²) in [7, 11) is 3.27. The van der Waals surface area contributed by atoms with Gasteiger partial charge in [0.2, 0.25) is 5.91 Å². The summed E-state index contributed by atoms with van der Waals surface area (Å²) >= 11 is 0. The molecule has 2 aromatic carbocycles. The number of benzene rings is 2. The minimum absolute atomic E-state index is 0. The number of rotatable bonds is 9. The van der Waals surface area contributed by atoms with E-state index in [0.717, 1.165) is 16.9 Å². The number of halogens is 1. The van der Waals surface area contributed by atoms with Crippen molar-refractivity contribution < 1.29 is 14.3 Å². The SMILES string of the molecule is COCCNCC(=O)NC(c1ccccc1)c1ccccc1OC.Cl. The van der Waals surface area contributed by atoms with E-state index in [-0.39, 0.29) is 30.9 Å². The Morgan fingerprint density at radius 1 is 1.04 bits per heavy atom. The normalized spacial score (nSPS) is 11.3. The Labute approximate surface area is 155 Å². The van der Waals surface area contributed by atoms with Gasteiger partial charge >= 0.3 is 0 Å². The summed E-state index contributed by atoms with van der Waals surface area (Å²) < 4.78 is 10.4. The predicted octanol–water partition coefficient (Wildman–Crippen LogP) is 2.56. The molecule has 0 aliphatic rings. The number of carbonyl (C=O) groups excluding carboxylic acids is 1. The Balaban J connectivity index is 0.00000312. The van der Waals surface area contributed by atoms with Gasteiger partial charge in [0, 0.05) is 19.2 Å². The maximum absolute atomic E-state index is 12.3. The van der Waals surface area contributed by atoms with Crippen LogP contribution in [0.5, 0.6) is 5.75 Å². The zero-order chi connectivity index (χ0) is 17.2. The van der Waals surface area contributed by atoms with Crippen LogP contribution in [-0.2, 0) is 9.53 Å². The molecule has 1 atom stereocenters. The fourth-order valence-corrected chi connectivity index (χ4v) is 2.48. The van der Waals surface area contributed by atoms with Crippen LogP contribution in [0.15, 0.2) is 54.6 Å². The van der Waals surface area contributed by atoms with Crippen LogP contribution in [-0.4, -0.2) is 39.8 Å². The average Bonchev–Trinajstić information content (AvgIpc) is 2.64. The molecule has 0 bridgehead atoms. The van der Waals surface area contributed by atoms with Gasteiger partial charge in [0.05, 0.1) is 26.3 Å². The number of hydrogen-bond acceptors (Lipinski definition) is 4. The fourth-order valence-electron chi connectivity index (χ4n) is 2.48. The van der Waals surface area contributed by atoms with E-state index in [1.54, 1.807) is 14.2 Å². The Hall–Kier alpha value is -2.08. The maximum atomic E-state index is 12.3. The van der Waals surface area contributed by atoms with E-state index in [1.807, 2.05) is 54.6 Å². The molecule has 0 heterocycles. The first-order chi connectivity index (χ1) is 11.8. The summed E-state index contributed by atoms with van der Waals surface area (Å²) in [5.41, 5.74) is 1.93. The molecule has 0 saturated carbocycles. The number of carbonyl (C=O) groups is 1. The van der Waals surface area contributed by atoms with E-state index >= 15 is 0 Å². The molecule has 5 nitrogen and oxygen atoms in total. The third kappa shape index (κ3) is 6.38. The molecule has 25 heavy (non-hydrogen) atoms. The van der Waals surface area contributed by atoms with E-state index in [2.05, 4.69) is 10.6 Å². The van der Waals surface area contributed by atoms with Gasteiger partial charge in [0.1, 0.15) is 5.75 Å². The number of amides is 1. The standard InChI is InChI=1S/C19H24N2O3.ClH/c1-23-13-12-20-14-18(22)21-19(15-8-4-3-5-9-15)16-10-6-7-11-17(16)24-2;/h3-11,19-20H,12-14H2,1-2H3,(H,21,22);1H. The zero-order valence-electron chi connectivity index (χ0n) is 14.5. The highest BCUT2D eigenvalue weighted by atomic mass is 35.5. The van der Waals surface area contributed by atoms with Gasteiger partial charge < -0.3 is 20.1 Å². The van der Waals surface area contributed by atoms with Crippen molar-refractivity contribution in [1.82, 2.24) is 10.6 Å². The average molecular weight is 365 g/mol. The lowest BCUT2D eigenvalue weighted by molar-refractivity contribution is -0.120. The lowest BCUT2D eigenvalue weighted by Crippen LogP contribution is -2.37. The van der Waals surface area contributed by atoms with Crippen LogP contribution in [0.25, 0.3) is 0 Å². The molecule has 0 aliphatic heterocycles. The van der Waals surface area contributed by atoms with E-state index in [9.17, 15) is 4.79 Å². The fraction of sp³-hybridized carbons (Fsp3) is 0.316. The molecule has 1 unspecified atom stereocenters. The van der Waals surface area contributed by atoms with Crippen LogP contribution in [0.2, 0.25) is 0 Å². The third-order valence-corrected chi connectivity index (χ3v) is 3.66.